The smallest absolute Gasteiger partial charge is 0.315 e. The van der Waals surface area contributed by atoms with E-state index in [2.05, 4.69) is 20.6 Å². The second-order valence-electron chi connectivity index (χ2n) is 5.41. The van der Waals surface area contributed by atoms with E-state index in [0.29, 0.717) is 6.54 Å². The molecule has 0 aliphatic carbocycles. The lowest BCUT2D eigenvalue weighted by atomic mass is 10.1. The molecule has 0 aliphatic heterocycles. The molecule has 6 heteroatoms. The molecule has 2 amide bonds. The van der Waals surface area contributed by atoms with Crippen molar-refractivity contribution in [1.82, 2.24) is 20.6 Å². The molecule has 3 aromatic rings. The zero-order valence-corrected chi connectivity index (χ0v) is 14.1. The van der Waals surface area contributed by atoms with Crippen LogP contribution in [0.15, 0.2) is 60.4 Å². The van der Waals surface area contributed by atoms with Crippen LogP contribution in [-0.4, -0.2) is 16.0 Å². The lowest BCUT2D eigenvalue weighted by molar-refractivity contribution is 0.238. The molecule has 2 N–H and O–H groups in total. The summed E-state index contributed by atoms with van der Waals surface area (Å²) in [5.41, 5.74) is 3.04. The second-order valence-corrected chi connectivity index (χ2v) is 6.34. The van der Waals surface area contributed by atoms with E-state index in [-0.39, 0.29) is 12.1 Å². The molecule has 3 rings (SSSR count). The van der Waals surface area contributed by atoms with Crippen molar-refractivity contribution < 1.29 is 4.79 Å². The number of rotatable bonds is 5. The van der Waals surface area contributed by atoms with Crippen LogP contribution >= 0.6 is 11.3 Å². The van der Waals surface area contributed by atoms with E-state index in [9.17, 15) is 4.79 Å². The lowest BCUT2D eigenvalue weighted by Crippen LogP contribution is -2.38. The number of benzene rings is 1. The van der Waals surface area contributed by atoms with Crippen LogP contribution in [0.5, 0.6) is 0 Å². The summed E-state index contributed by atoms with van der Waals surface area (Å²) in [7, 11) is 0. The number of nitrogens with one attached hydrogen (secondary N) is 2. The number of aromatic nitrogens is 2. The minimum atomic E-state index is -0.262. The van der Waals surface area contributed by atoms with Gasteiger partial charge in [-0.2, -0.15) is 0 Å². The van der Waals surface area contributed by atoms with E-state index < -0.39 is 0 Å². The molecular formula is C18H18N4OS. The van der Waals surface area contributed by atoms with Gasteiger partial charge in [-0.25, -0.2) is 9.78 Å². The number of aryl methyl sites for hydroxylation is 1. The predicted octanol–water partition coefficient (Wildman–Crippen LogP) is 3.44. The summed E-state index contributed by atoms with van der Waals surface area (Å²) in [4.78, 5) is 20.8. The molecule has 0 unspecified atom stereocenters. The number of hydrogen-bond donors (Lipinski definition) is 2. The van der Waals surface area contributed by atoms with E-state index in [0.717, 1.165) is 21.7 Å². The normalized spacial score (nSPS) is 11.7. The summed E-state index contributed by atoms with van der Waals surface area (Å²) >= 11 is 1.52. The standard InChI is InChI=1S/C18H18N4OS/c1-13-9-14(11-19-10-13)12-21-18(23)22-16(17-20-7-8-24-17)15-5-3-2-4-6-15/h2-11,16H,12H2,1H3,(H2,21,22,23)/t16-/m1/s1. The number of amides is 2. The largest absolute Gasteiger partial charge is 0.334 e. The molecule has 0 fully saturated rings. The Bertz CT molecular complexity index is 790. The van der Waals surface area contributed by atoms with Crippen LogP contribution in [0.3, 0.4) is 0 Å². The predicted molar refractivity (Wildman–Crippen MR) is 94.7 cm³/mol. The fraction of sp³-hybridized carbons (Fsp3) is 0.167. The third-order valence-electron chi connectivity index (χ3n) is 3.49. The summed E-state index contributed by atoms with van der Waals surface area (Å²) in [5.74, 6) is 0. The highest BCUT2D eigenvalue weighted by molar-refractivity contribution is 7.09. The van der Waals surface area contributed by atoms with Gasteiger partial charge in [-0.15, -0.1) is 11.3 Å². The number of hydrogen-bond acceptors (Lipinski definition) is 4. The average Bonchev–Trinajstić information content (AvgIpc) is 3.13. The zero-order valence-electron chi connectivity index (χ0n) is 13.3. The maximum Gasteiger partial charge on any atom is 0.315 e. The molecule has 5 nitrogen and oxygen atoms in total. The van der Waals surface area contributed by atoms with Gasteiger partial charge in [0.2, 0.25) is 0 Å². The minimum Gasteiger partial charge on any atom is -0.334 e. The fourth-order valence-electron chi connectivity index (χ4n) is 2.39. The van der Waals surface area contributed by atoms with E-state index in [1.165, 1.54) is 11.3 Å². The minimum absolute atomic E-state index is 0.236. The molecule has 0 saturated carbocycles. The van der Waals surface area contributed by atoms with Crippen molar-refractivity contribution in [3.8, 4) is 0 Å². The maximum atomic E-state index is 12.3. The third kappa shape index (κ3) is 4.17. The van der Waals surface area contributed by atoms with Gasteiger partial charge in [0.25, 0.3) is 0 Å². The monoisotopic (exact) mass is 338 g/mol. The van der Waals surface area contributed by atoms with Crippen molar-refractivity contribution in [2.75, 3.05) is 0 Å². The average molecular weight is 338 g/mol. The Hall–Kier alpha value is -2.73. The number of carbonyl (C=O) groups is 1. The Morgan fingerprint density at radius 1 is 1.25 bits per heavy atom. The van der Waals surface area contributed by atoms with Crippen molar-refractivity contribution >= 4 is 17.4 Å². The summed E-state index contributed by atoms with van der Waals surface area (Å²) in [6.07, 6.45) is 5.29. The van der Waals surface area contributed by atoms with Crippen LogP contribution < -0.4 is 10.6 Å². The van der Waals surface area contributed by atoms with Crippen LogP contribution in [0.2, 0.25) is 0 Å². The second kappa shape index (κ2) is 7.70. The Morgan fingerprint density at radius 2 is 2.08 bits per heavy atom. The van der Waals surface area contributed by atoms with Crippen LogP contribution in [0.4, 0.5) is 4.79 Å². The van der Waals surface area contributed by atoms with Crippen LogP contribution in [0, 0.1) is 6.92 Å². The van der Waals surface area contributed by atoms with Gasteiger partial charge in [0.15, 0.2) is 0 Å². The maximum absolute atomic E-state index is 12.3. The number of nitrogens with zero attached hydrogens (tertiary/aromatic N) is 2. The van der Waals surface area contributed by atoms with Crippen LogP contribution in [0.1, 0.15) is 27.7 Å². The number of thiazole rings is 1. The fourth-order valence-corrected chi connectivity index (χ4v) is 3.10. The van der Waals surface area contributed by atoms with Gasteiger partial charge in [-0.3, -0.25) is 4.98 Å². The quantitative estimate of drug-likeness (QED) is 0.749. The third-order valence-corrected chi connectivity index (χ3v) is 4.33. The lowest BCUT2D eigenvalue weighted by Gasteiger charge is -2.17. The van der Waals surface area contributed by atoms with Crippen molar-refractivity contribution in [2.45, 2.75) is 19.5 Å². The van der Waals surface area contributed by atoms with Gasteiger partial charge in [-0.1, -0.05) is 36.4 Å². The Labute approximate surface area is 144 Å². The Morgan fingerprint density at radius 3 is 2.79 bits per heavy atom. The van der Waals surface area contributed by atoms with Crippen molar-refractivity contribution in [3.63, 3.8) is 0 Å². The van der Waals surface area contributed by atoms with Gasteiger partial charge in [0.1, 0.15) is 11.0 Å². The first-order valence-electron chi connectivity index (χ1n) is 7.61. The van der Waals surface area contributed by atoms with Gasteiger partial charge in [0, 0.05) is 30.5 Å². The molecule has 122 valence electrons. The molecule has 24 heavy (non-hydrogen) atoms. The van der Waals surface area contributed by atoms with Crippen molar-refractivity contribution in [2.24, 2.45) is 0 Å². The van der Waals surface area contributed by atoms with Crippen LogP contribution in [0.25, 0.3) is 0 Å². The highest BCUT2D eigenvalue weighted by Gasteiger charge is 2.18. The molecule has 0 aliphatic rings. The zero-order chi connectivity index (χ0) is 16.8. The molecule has 0 radical (unpaired) electrons. The first kappa shape index (κ1) is 16.1. The van der Waals surface area contributed by atoms with E-state index >= 15 is 0 Å². The molecule has 0 bridgehead atoms. The van der Waals surface area contributed by atoms with E-state index in [1.54, 1.807) is 18.6 Å². The first-order valence-corrected chi connectivity index (χ1v) is 8.49. The first-order chi connectivity index (χ1) is 11.7. The van der Waals surface area contributed by atoms with E-state index in [4.69, 9.17) is 0 Å². The molecule has 2 heterocycles. The van der Waals surface area contributed by atoms with Gasteiger partial charge in [-0.05, 0) is 23.6 Å². The van der Waals surface area contributed by atoms with Crippen molar-refractivity contribution in [3.05, 3.63) is 82.1 Å². The SMILES string of the molecule is Cc1cncc(CNC(=O)N[C@H](c2ccccc2)c2nccs2)c1. The van der Waals surface area contributed by atoms with Crippen LogP contribution in [-0.2, 0) is 6.54 Å². The number of pyridine rings is 1. The molecular weight excluding hydrogens is 320 g/mol. The molecule has 0 saturated heterocycles. The van der Waals surface area contributed by atoms with E-state index in [1.807, 2.05) is 48.7 Å². The Kier molecular flexibility index (Phi) is 5.18. The van der Waals surface area contributed by atoms with Crippen molar-refractivity contribution in [1.29, 1.82) is 0 Å². The number of carbonyl (C=O) groups excluding carboxylic acids is 1. The molecule has 0 spiro atoms. The molecule has 1 atom stereocenters. The summed E-state index contributed by atoms with van der Waals surface area (Å²) in [6.45, 7) is 2.41. The Balaban J connectivity index is 1.68. The number of urea groups is 1. The van der Waals surface area contributed by atoms with Gasteiger partial charge >= 0.3 is 6.03 Å². The summed E-state index contributed by atoms with van der Waals surface area (Å²) in [6, 6.07) is 11.3. The van der Waals surface area contributed by atoms with Gasteiger partial charge in [0.05, 0.1) is 0 Å². The summed E-state index contributed by atoms with van der Waals surface area (Å²) < 4.78 is 0. The highest BCUT2D eigenvalue weighted by atomic mass is 32.1. The topological polar surface area (TPSA) is 66.9 Å². The van der Waals surface area contributed by atoms with Gasteiger partial charge < -0.3 is 10.6 Å². The molecule has 1 aromatic carbocycles. The molecule has 2 aromatic heterocycles. The summed E-state index contributed by atoms with van der Waals surface area (Å²) in [5, 5.41) is 8.63. The highest BCUT2D eigenvalue weighted by Crippen LogP contribution is 2.23.